The van der Waals surface area contributed by atoms with Crippen LogP contribution in [-0.2, 0) is 9.53 Å². The average molecular weight is 534 g/mol. The van der Waals surface area contributed by atoms with Crippen molar-refractivity contribution in [2.45, 2.75) is 13.0 Å². The number of rotatable bonds is 6. The number of ether oxygens (including phenoxy) is 1. The third-order valence-electron chi connectivity index (χ3n) is 5.72. The normalized spacial score (nSPS) is 15.3. The minimum Gasteiger partial charge on any atom is -0.502 e. The van der Waals surface area contributed by atoms with E-state index in [0.717, 1.165) is 16.2 Å². The molecule has 186 valence electrons. The molecule has 2 aromatic carbocycles. The maximum absolute atomic E-state index is 13.7. The number of aromatic hydroxyl groups is 1. The molecule has 1 N–H and O–H groups in total. The van der Waals surface area contributed by atoms with Crippen molar-refractivity contribution < 1.29 is 19.6 Å². The molecule has 0 spiro atoms. The monoisotopic (exact) mass is 533 g/mol. The standard InChI is InChI=1S/C26H19N3O6S2/c1-2-35-25(32)20-21(15-8-4-3-5-9-15)27-26-28(22(20)18-12-7-13-36-18)24(31)19(37-26)14-16-10-6-11-17(23(16)30)29(33)34/h3-14,22,30H,2H2,1H3. The molecule has 37 heavy (non-hydrogen) atoms. The Kier molecular flexibility index (Phi) is 6.55. The Morgan fingerprint density at radius 2 is 1.97 bits per heavy atom. The van der Waals surface area contributed by atoms with Crippen LogP contribution in [0.3, 0.4) is 0 Å². The van der Waals surface area contributed by atoms with E-state index in [1.54, 1.807) is 6.92 Å². The number of carbonyl (C=O) groups is 1. The topological polar surface area (TPSA) is 124 Å². The number of aromatic nitrogens is 1. The summed E-state index contributed by atoms with van der Waals surface area (Å²) in [5.41, 5.74) is 0.563. The van der Waals surface area contributed by atoms with E-state index in [1.807, 2.05) is 47.8 Å². The number of thiazole rings is 1. The number of nitro benzene ring substituents is 1. The highest BCUT2D eigenvalue weighted by Crippen LogP contribution is 2.37. The van der Waals surface area contributed by atoms with Gasteiger partial charge in [-0.15, -0.1) is 11.3 Å². The van der Waals surface area contributed by atoms with E-state index in [-0.39, 0.29) is 22.3 Å². The summed E-state index contributed by atoms with van der Waals surface area (Å²) in [7, 11) is 0. The van der Waals surface area contributed by atoms with Gasteiger partial charge >= 0.3 is 11.7 Å². The molecular weight excluding hydrogens is 514 g/mol. The molecule has 5 rings (SSSR count). The number of hydrogen-bond acceptors (Lipinski definition) is 9. The van der Waals surface area contributed by atoms with Crippen molar-refractivity contribution in [1.82, 2.24) is 4.57 Å². The highest BCUT2D eigenvalue weighted by atomic mass is 32.1. The SMILES string of the molecule is CCOC(=O)C1=C(c2ccccc2)N=c2sc(=Cc3cccc([N+](=O)[O-])c3O)c(=O)n2C1c1cccs1. The summed E-state index contributed by atoms with van der Waals surface area (Å²) in [5, 5.41) is 23.5. The van der Waals surface area contributed by atoms with E-state index in [0.29, 0.717) is 16.1 Å². The average Bonchev–Trinajstić information content (AvgIpc) is 3.53. The fourth-order valence-electron chi connectivity index (χ4n) is 4.11. The van der Waals surface area contributed by atoms with Crippen molar-refractivity contribution in [3.63, 3.8) is 0 Å². The number of nitro groups is 1. The highest BCUT2D eigenvalue weighted by molar-refractivity contribution is 7.10. The first kappa shape index (κ1) is 24.3. The number of carbonyl (C=O) groups excluding carboxylic acids is 1. The molecule has 0 saturated carbocycles. The molecule has 11 heteroatoms. The van der Waals surface area contributed by atoms with E-state index in [9.17, 15) is 24.8 Å². The van der Waals surface area contributed by atoms with Crippen molar-refractivity contribution in [2.24, 2.45) is 4.99 Å². The van der Waals surface area contributed by atoms with E-state index >= 15 is 0 Å². The van der Waals surface area contributed by atoms with Crippen LogP contribution in [0.2, 0.25) is 0 Å². The molecule has 0 aliphatic carbocycles. The number of thiophene rings is 1. The lowest BCUT2D eigenvalue weighted by molar-refractivity contribution is -0.385. The van der Waals surface area contributed by atoms with Crippen molar-refractivity contribution in [1.29, 1.82) is 0 Å². The number of phenolic OH excluding ortho intramolecular Hbond substituents is 1. The molecule has 9 nitrogen and oxygen atoms in total. The van der Waals surface area contributed by atoms with E-state index in [1.165, 1.54) is 40.2 Å². The van der Waals surface area contributed by atoms with Gasteiger partial charge in [0.2, 0.25) is 5.75 Å². The molecule has 0 amide bonds. The molecule has 0 fully saturated rings. The van der Waals surface area contributed by atoms with Gasteiger partial charge in [-0.25, -0.2) is 9.79 Å². The number of para-hydroxylation sites is 1. The molecule has 0 saturated heterocycles. The van der Waals surface area contributed by atoms with Crippen molar-refractivity contribution in [3.8, 4) is 5.75 Å². The molecule has 1 atom stereocenters. The van der Waals surface area contributed by atoms with Crippen LogP contribution in [0.15, 0.2) is 81.4 Å². The van der Waals surface area contributed by atoms with Gasteiger partial charge in [0.1, 0.15) is 6.04 Å². The van der Waals surface area contributed by atoms with E-state index in [4.69, 9.17) is 9.73 Å². The van der Waals surface area contributed by atoms with Crippen molar-refractivity contribution in [3.05, 3.63) is 117 Å². The molecule has 1 aliphatic heterocycles. The predicted octanol–water partition coefficient (Wildman–Crippen LogP) is 3.61. The Hall–Kier alpha value is -4.35. The van der Waals surface area contributed by atoms with Gasteiger partial charge in [-0.3, -0.25) is 19.5 Å². The number of phenols is 1. The lowest BCUT2D eigenvalue weighted by Crippen LogP contribution is -2.39. The Balaban J connectivity index is 1.81. The molecule has 0 bridgehead atoms. The molecule has 0 radical (unpaired) electrons. The molecular formula is C26H19N3O6S2. The number of nitrogens with zero attached hydrogens (tertiary/aromatic N) is 3. The summed E-state index contributed by atoms with van der Waals surface area (Å²) in [6.07, 6.45) is 1.40. The second-order valence-electron chi connectivity index (χ2n) is 7.92. The highest BCUT2D eigenvalue weighted by Gasteiger charge is 2.35. The maximum Gasteiger partial charge on any atom is 0.338 e. The zero-order chi connectivity index (χ0) is 26.1. The molecule has 3 heterocycles. The zero-order valence-corrected chi connectivity index (χ0v) is 21.0. The fraction of sp³-hybridized carbons (Fsp3) is 0.115. The smallest absolute Gasteiger partial charge is 0.338 e. The summed E-state index contributed by atoms with van der Waals surface area (Å²) in [4.78, 5) is 43.4. The van der Waals surface area contributed by atoms with Crippen LogP contribution in [0.4, 0.5) is 5.69 Å². The van der Waals surface area contributed by atoms with Crippen LogP contribution in [0, 0.1) is 10.1 Å². The first-order valence-electron chi connectivity index (χ1n) is 11.2. The van der Waals surface area contributed by atoms with E-state index in [2.05, 4.69) is 0 Å². The molecule has 4 aromatic rings. The number of esters is 1. The molecule has 1 aliphatic rings. The van der Waals surface area contributed by atoms with Gasteiger partial charge in [0.05, 0.1) is 27.3 Å². The Morgan fingerprint density at radius 1 is 1.19 bits per heavy atom. The van der Waals surface area contributed by atoms with Gasteiger partial charge in [0.15, 0.2) is 4.80 Å². The third kappa shape index (κ3) is 4.39. The number of hydrogen-bond donors (Lipinski definition) is 1. The second-order valence-corrected chi connectivity index (χ2v) is 9.91. The van der Waals surface area contributed by atoms with Crippen molar-refractivity contribution >= 4 is 46.1 Å². The van der Waals surface area contributed by atoms with Gasteiger partial charge in [0.25, 0.3) is 5.56 Å². The van der Waals surface area contributed by atoms with Crippen LogP contribution in [0.25, 0.3) is 11.8 Å². The third-order valence-corrected chi connectivity index (χ3v) is 7.62. The second kappa shape index (κ2) is 9.96. The maximum atomic E-state index is 13.7. The summed E-state index contributed by atoms with van der Waals surface area (Å²) in [5.74, 6) is -1.11. The molecule has 2 aromatic heterocycles. The number of fused-ring (bicyclic) bond motifs is 1. The minimum absolute atomic E-state index is 0.125. The summed E-state index contributed by atoms with van der Waals surface area (Å²) in [6.45, 7) is 1.86. The first-order valence-corrected chi connectivity index (χ1v) is 12.9. The fourth-order valence-corrected chi connectivity index (χ4v) is 5.93. The van der Waals surface area contributed by atoms with Gasteiger partial charge in [0, 0.05) is 22.1 Å². The van der Waals surface area contributed by atoms with Gasteiger partial charge in [-0.1, -0.05) is 59.9 Å². The lowest BCUT2D eigenvalue weighted by Gasteiger charge is -2.24. The Morgan fingerprint density at radius 3 is 2.65 bits per heavy atom. The molecule has 1 unspecified atom stereocenters. The van der Waals surface area contributed by atoms with Crippen LogP contribution in [-0.4, -0.2) is 27.2 Å². The van der Waals surface area contributed by atoms with Crippen LogP contribution < -0.4 is 14.9 Å². The largest absolute Gasteiger partial charge is 0.502 e. The van der Waals surface area contributed by atoms with Crippen LogP contribution in [0.5, 0.6) is 5.75 Å². The van der Waals surface area contributed by atoms with Crippen LogP contribution >= 0.6 is 22.7 Å². The van der Waals surface area contributed by atoms with Crippen LogP contribution in [0.1, 0.15) is 29.0 Å². The Bertz CT molecular complexity index is 1720. The summed E-state index contributed by atoms with van der Waals surface area (Å²) in [6, 6.07) is 16.2. The zero-order valence-electron chi connectivity index (χ0n) is 19.4. The quantitative estimate of drug-likeness (QED) is 0.229. The number of benzene rings is 2. The first-order chi connectivity index (χ1) is 17.9. The summed E-state index contributed by atoms with van der Waals surface area (Å²) >= 11 is 2.47. The van der Waals surface area contributed by atoms with Gasteiger partial charge < -0.3 is 9.84 Å². The van der Waals surface area contributed by atoms with Gasteiger partial charge in [-0.05, 0) is 24.4 Å². The Labute approximate surface area is 217 Å². The lowest BCUT2D eigenvalue weighted by atomic mass is 9.97. The van der Waals surface area contributed by atoms with E-state index < -0.39 is 33.9 Å². The minimum atomic E-state index is -0.786. The van der Waals surface area contributed by atoms with Crippen molar-refractivity contribution in [2.75, 3.05) is 6.61 Å². The summed E-state index contributed by atoms with van der Waals surface area (Å²) < 4.78 is 7.04. The van der Waals surface area contributed by atoms with Gasteiger partial charge in [-0.2, -0.15) is 0 Å². The predicted molar refractivity (Wildman–Crippen MR) is 140 cm³/mol.